The van der Waals surface area contributed by atoms with Crippen LogP contribution in [0, 0.1) is 23.2 Å². The second-order valence-corrected chi connectivity index (χ2v) is 3.74. The number of hydrogen-bond donors (Lipinski definition) is 0. The number of nitriles is 1. The van der Waals surface area contributed by atoms with Crippen molar-refractivity contribution in [2.24, 2.45) is 11.8 Å². The third kappa shape index (κ3) is 1.54. The predicted molar refractivity (Wildman–Crippen MR) is 45.0 cm³/mol. The number of nitrogens with zero attached hydrogens (tertiary/aromatic N) is 2. The van der Waals surface area contributed by atoms with Crippen LogP contribution in [0.4, 0.5) is 0 Å². The van der Waals surface area contributed by atoms with Gasteiger partial charge < -0.3 is 4.90 Å². The molecule has 0 radical (unpaired) electrons. The third-order valence-corrected chi connectivity index (χ3v) is 2.63. The Labute approximate surface area is 68.8 Å². The molecule has 62 valence electrons. The normalized spacial score (nSPS) is 27.7. The van der Waals surface area contributed by atoms with E-state index in [1.54, 1.807) is 0 Å². The minimum atomic E-state index is 0.230. The van der Waals surface area contributed by atoms with Crippen LogP contribution in [-0.4, -0.2) is 24.5 Å². The van der Waals surface area contributed by atoms with Crippen LogP contribution in [0.3, 0.4) is 0 Å². The van der Waals surface area contributed by atoms with Crippen LogP contribution >= 0.6 is 0 Å². The molecule has 0 aromatic rings. The van der Waals surface area contributed by atoms with Crippen molar-refractivity contribution in [3.05, 3.63) is 0 Å². The Hall–Kier alpha value is -0.550. The molecular formula is C9H16N2. The molecule has 1 fully saturated rings. The average Bonchev–Trinajstić information content (AvgIpc) is 1.96. The van der Waals surface area contributed by atoms with Crippen molar-refractivity contribution in [1.82, 2.24) is 4.90 Å². The smallest absolute Gasteiger partial charge is 0.0675 e. The van der Waals surface area contributed by atoms with E-state index in [1.807, 2.05) is 0 Å². The third-order valence-electron chi connectivity index (χ3n) is 2.63. The van der Waals surface area contributed by atoms with Crippen LogP contribution in [0.15, 0.2) is 0 Å². The Kier molecular flexibility index (Phi) is 2.51. The zero-order valence-corrected chi connectivity index (χ0v) is 7.54. The monoisotopic (exact) mass is 152 g/mol. The number of hydrogen-bond acceptors (Lipinski definition) is 2. The van der Waals surface area contributed by atoms with Gasteiger partial charge in [-0.3, -0.25) is 0 Å². The molecule has 2 atom stereocenters. The minimum absolute atomic E-state index is 0.230. The van der Waals surface area contributed by atoms with Crippen LogP contribution < -0.4 is 0 Å². The van der Waals surface area contributed by atoms with Crippen molar-refractivity contribution >= 4 is 0 Å². The van der Waals surface area contributed by atoms with Gasteiger partial charge in [0.25, 0.3) is 0 Å². The Morgan fingerprint density at radius 3 is 2.27 bits per heavy atom. The minimum Gasteiger partial charge on any atom is -0.302 e. The maximum absolute atomic E-state index is 8.87. The number of likely N-dealkylation sites (tertiary alicyclic amines) is 1. The standard InChI is InChI=1S/C9H16N2/c1-7(2)8(6-10)9-4-5-11(9)3/h7-9H,4-5H2,1-3H3. The van der Waals surface area contributed by atoms with E-state index < -0.39 is 0 Å². The van der Waals surface area contributed by atoms with Gasteiger partial charge in [0, 0.05) is 6.04 Å². The van der Waals surface area contributed by atoms with Crippen LogP contribution in [0.1, 0.15) is 20.3 Å². The Morgan fingerprint density at radius 2 is 2.18 bits per heavy atom. The Morgan fingerprint density at radius 1 is 1.55 bits per heavy atom. The zero-order chi connectivity index (χ0) is 8.43. The van der Waals surface area contributed by atoms with Gasteiger partial charge in [0.1, 0.15) is 0 Å². The first kappa shape index (κ1) is 8.55. The van der Waals surface area contributed by atoms with Gasteiger partial charge in [0.05, 0.1) is 12.0 Å². The van der Waals surface area contributed by atoms with Crippen molar-refractivity contribution in [2.45, 2.75) is 26.3 Å². The molecule has 0 aromatic heterocycles. The quantitative estimate of drug-likeness (QED) is 0.599. The highest BCUT2D eigenvalue weighted by Gasteiger charge is 2.33. The molecule has 0 bridgehead atoms. The fraction of sp³-hybridized carbons (Fsp3) is 0.889. The first-order valence-corrected chi connectivity index (χ1v) is 4.26. The summed E-state index contributed by atoms with van der Waals surface area (Å²) in [6, 6.07) is 2.92. The van der Waals surface area contributed by atoms with Gasteiger partial charge >= 0.3 is 0 Å². The van der Waals surface area contributed by atoms with Gasteiger partial charge in [-0.1, -0.05) is 13.8 Å². The zero-order valence-electron chi connectivity index (χ0n) is 7.54. The molecule has 1 aliphatic heterocycles. The summed E-state index contributed by atoms with van der Waals surface area (Å²) >= 11 is 0. The summed E-state index contributed by atoms with van der Waals surface area (Å²) in [5.41, 5.74) is 0. The van der Waals surface area contributed by atoms with E-state index in [-0.39, 0.29) is 5.92 Å². The second-order valence-electron chi connectivity index (χ2n) is 3.74. The Bertz CT molecular complexity index is 169. The highest BCUT2D eigenvalue weighted by atomic mass is 15.2. The van der Waals surface area contributed by atoms with E-state index in [9.17, 15) is 0 Å². The molecule has 0 amide bonds. The molecule has 0 aliphatic carbocycles. The van der Waals surface area contributed by atoms with Gasteiger partial charge in [-0.25, -0.2) is 0 Å². The molecule has 1 rings (SSSR count). The summed E-state index contributed by atoms with van der Waals surface area (Å²) in [6.45, 7) is 5.41. The van der Waals surface area contributed by atoms with Crippen molar-refractivity contribution in [3.8, 4) is 6.07 Å². The van der Waals surface area contributed by atoms with E-state index >= 15 is 0 Å². The van der Waals surface area contributed by atoms with Gasteiger partial charge in [0.2, 0.25) is 0 Å². The second kappa shape index (κ2) is 3.23. The molecule has 1 saturated heterocycles. The van der Waals surface area contributed by atoms with E-state index in [2.05, 4.69) is 31.9 Å². The lowest BCUT2D eigenvalue weighted by Crippen LogP contribution is -2.50. The lowest BCUT2D eigenvalue weighted by Gasteiger charge is -2.41. The summed E-state index contributed by atoms with van der Waals surface area (Å²) in [7, 11) is 2.10. The fourth-order valence-electron chi connectivity index (χ4n) is 1.67. The maximum Gasteiger partial charge on any atom is 0.0675 e. The molecule has 11 heavy (non-hydrogen) atoms. The first-order valence-electron chi connectivity index (χ1n) is 4.26. The summed E-state index contributed by atoms with van der Waals surface area (Å²) in [4.78, 5) is 2.27. The molecular weight excluding hydrogens is 136 g/mol. The van der Waals surface area contributed by atoms with E-state index in [0.29, 0.717) is 12.0 Å². The summed E-state index contributed by atoms with van der Waals surface area (Å²) in [5.74, 6) is 0.724. The summed E-state index contributed by atoms with van der Waals surface area (Å²) < 4.78 is 0. The molecule has 2 heteroatoms. The largest absolute Gasteiger partial charge is 0.302 e. The predicted octanol–water partition coefficient (Wildman–Crippen LogP) is 1.49. The van der Waals surface area contributed by atoms with Gasteiger partial charge in [0.15, 0.2) is 0 Å². The topological polar surface area (TPSA) is 27.0 Å². The lowest BCUT2D eigenvalue weighted by molar-refractivity contribution is 0.0760. The maximum atomic E-state index is 8.87. The lowest BCUT2D eigenvalue weighted by atomic mass is 9.83. The van der Waals surface area contributed by atoms with Crippen molar-refractivity contribution in [3.63, 3.8) is 0 Å². The first-order chi connectivity index (χ1) is 5.16. The van der Waals surface area contributed by atoms with E-state index in [0.717, 1.165) is 6.54 Å². The molecule has 2 unspecified atom stereocenters. The molecule has 0 saturated carbocycles. The molecule has 1 aliphatic rings. The fourth-order valence-corrected chi connectivity index (χ4v) is 1.67. The summed E-state index contributed by atoms with van der Waals surface area (Å²) in [5, 5.41) is 8.87. The molecule has 0 spiro atoms. The average molecular weight is 152 g/mol. The van der Waals surface area contributed by atoms with Crippen molar-refractivity contribution < 1.29 is 0 Å². The van der Waals surface area contributed by atoms with E-state index in [1.165, 1.54) is 6.42 Å². The van der Waals surface area contributed by atoms with Crippen LogP contribution in [0.25, 0.3) is 0 Å². The van der Waals surface area contributed by atoms with Gasteiger partial charge in [-0.15, -0.1) is 0 Å². The number of rotatable bonds is 2. The van der Waals surface area contributed by atoms with Crippen molar-refractivity contribution in [2.75, 3.05) is 13.6 Å². The highest BCUT2D eigenvalue weighted by Crippen LogP contribution is 2.27. The van der Waals surface area contributed by atoms with Crippen LogP contribution in [0.5, 0.6) is 0 Å². The SMILES string of the molecule is CC(C)C(C#N)C1CCN1C. The molecule has 1 heterocycles. The highest BCUT2D eigenvalue weighted by molar-refractivity contribution is 4.98. The van der Waals surface area contributed by atoms with Gasteiger partial charge in [-0.2, -0.15) is 5.26 Å². The Balaban J connectivity index is 2.50. The van der Waals surface area contributed by atoms with E-state index in [4.69, 9.17) is 5.26 Å². The molecule has 0 N–H and O–H groups in total. The molecule has 0 aromatic carbocycles. The van der Waals surface area contributed by atoms with Gasteiger partial charge in [-0.05, 0) is 25.9 Å². The van der Waals surface area contributed by atoms with Crippen LogP contribution in [0.2, 0.25) is 0 Å². The molecule has 2 nitrogen and oxygen atoms in total. The van der Waals surface area contributed by atoms with Crippen LogP contribution in [-0.2, 0) is 0 Å². The summed E-state index contributed by atoms with van der Waals surface area (Å²) in [6.07, 6.45) is 1.20. The van der Waals surface area contributed by atoms with Crippen molar-refractivity contribution in [1.29, 1.82) is 5.26 Å².